The molecule has 2 rings (SSSR count). The number of ketones is 1. The van der Waals surface area contributed by atoms with Crippen molar-refractivity contribution < 1.29 is 19.1 Å². The molecule has 0 aliphatic heterocycles. The number of benzene rings is 2. The van der Waals surface area contributed by atoms with Gasteiger partial charge in [0.15, 0.2) is 5.78 Å². The molecular weight excluding hydrogens is 356 g/mol. The van der Waals surface area contributed by atoms with Crippen molar-refractivity contribution in [3.05, 3.63) is 59.7 Å². The molecule has 0 bridgehead atoms. The number of para-hydroxylation sites is 1. The van der Waals surface area contributed by atoms with Crippen LogP contribution in [0.5, 0.6) is 5.75 Å². The van der Waals surface area contributed by atoms with E-state index in [0.717, 1.165) is 17.0 Å². The topological polar surface area (TPSA) is 76.7 Å². The molecule has 0 spiro atoms. The Labute approximate surface area is 166 Å². The highest BCUT2D eigenvalue weighted by Crippen LogP contribution is 2.20. The molecule has 2 aromatic carbocycles. The van der Waals surface area contributed by atoms with E-state index in [-0.39, 0.29) is 18.7 Å². The van der Waals surface area contributed by atoms with Gasteiger partial charge >= 0.3 is 6.09 Å². The van der Waals surface area contributed by atoms with Gasteiger partial charge < -0.3 is 20.1 Å². The standard InChI is InChI=1S/C22H28N2O4/c1-22(2,3)28-21(26)23-13-12-19(25)16-9-7-10-18(14-16)24-15-17-8-5-6-11-20(17)27-4/h5-11,14,24H,12-13,15H2,1-4H3,(H,23,26). The Morgan fingerprint density at radius 1 is 1.04 bits per heavy atom. The van der Waals surface area contributed by atoms with Crippen LogP contribution in [-0.4, -0.2) is 31.1 Å². The van der Waals surface area contributed by atoms with E-state index in [2.05, 4.69) is 10.6 Å². The molecule has 0 unspecified atom stereocenters. The van der Waals surface area contributed by atoms with Gasteiger partial charge in [-0.1, -0.05) is 30.3 Å². The number of amides is 1. The predicted octanol–water partition coefficient (Wildman–Crippen LogP) is 4.40. The summed E-state index contributed by atoms with van der Waals surface area (Å²) in [5, 5.41) is 5.91. The van der Waals surface area contributed by atoms with Crippen LogP contribution in [0, 0.1) is 0 Å². The quantitative estimate of drug-likeness (QED) is 0.660. The summed E-state index contributed by atoms with van der Waals surface area (Å²) in [5.41, 5.74) is 1.91. The Morgan fingerprint density at radius 3 is 2.50 bits per heavy atom. The predicted molar refractivity (Wildman–Crippen MR) is 110 cm³/mol. The van der Waals surface area contributed by atoms with Crippen LogP contribution < -0.4 is 15.4 Å². The first-order chi connectivity index (χ1) is 13.3. The van der Waals surface area contributed by atoms with Crippen molar-refractivity contribution in [1.29, 1.82) is 0 Å². The van der Waals surface area contributed by atoms with E-state index in [4.69, 9.17) is 9.47 Å². The van der Waals surface area contributed by atoms with Crippen LogP contribution in [0.2, 0.25) is 0 Å². The number of hydrogen-bond donors (Lipinski definition) is 2. The van der Waals surface area contributed by atoms with E-state index in [1.54, 1.807) is 33.9 Å². The van der Waals surface area contributed by atoms with Gasteiger partial charge in [0.05, 0.1) is 7.11 Å². The first-order valence-electron chi connectivity index (χ1n) is 9.24. The fraction of sp³-hybridized carbons (Fsp3) is 0.364. The highest BCUT2D eigenvalue weighted by atomic mass is 16.6. The third-order valence-electron chi connectivity index (χ3n) is 3.88. The van der Waals surface area contributed by atoms with E-state index >= 15 is 0 Å². The van der Waals surface area contributed by atoms with Crippen molar-refractivity contribution in [2.24, 2.45) is 0 Å². The lowest BCUT2D eigenvalue weighted by Crippen LogP contribution is -2.33. The van der Waals surface area contributed by atoms with Crippen LogP contribution in [-0.2, 0) is 11.3 Å². The molecule has 6 heteroatoms. The lowest BCUT2D eigenvalue weighted by molar-refractivity contribution is 0.0527. The summed E-state index contributed by atoms with van der Waals surface area (Å²) in [4.78, 5) is 24.0. The van der Waals surface area contributed by atoms with Crippen LogP contribution in [0.15, 0.2) is 48.5 Å². The number of carbonyl (C=O) groups excluding carboxylic acids is 2. The number of Topliss-reactive ketones (excluding diaryl/α,β-unsaturated/α-hetero) is 1. The summed E-state index contributed by atoms with van der Waals surface area (Å²) < 4.78 is 10.5. The number of hydrogen-bond acceptors (Lipinski definition) is 5. The summed E-state index contributed by atoms with van der Waals surface area (Å²) in [7, 11) is 1.64. The number of carbonyl (C=O) groups is 2. The summed E-state index contributed by atoms with van der Waals surface area (Å²) in [6, 6.07) is 15.1. The van der Waals surface area contributed by atoms with Crippen molar-refractivity contribution >= 4 is 17.6 Å². The molecule has 28 heavy (non-hydrogen) atoms. The van der Waals surface area contributed by atoms with Gasteiger partial charge in [-0.15, -0.1) is 0 Å². The van der Waals surface area contributed by atoms with Gasteiger partial charge in [-0.2, -0.15) is 0 Å². The molecule has 0 saturated heterocycles. The molecule has 0 fully saturated rings. The molecule has 0 radical (unpaired) electrons. The second-order valence-corrected chi connectivity index (χ2v) is 7.35. The van der Waals surface area contributed by atoms with Crippen molar-refractivity contribution in [2.45, 2.75) is 39.3 Å². The number of ether oxygens (including phenoxy) is 2. The lowest BCUT2D eigenvalue weighted by Gasteiger charge is -2.19. The Kier molecular flexibility index (Phi) is 7.44. The minimum absolute atomic E-state index is 0.0444. The van der Waals surface area contributed by atoms with E-state index in [0.29, 0.717) is 12.1 Å². The maximum Gasteiger partial charge on any atom is 0.407 e. The molecule has 0 aliphatic carbocycles. The fourth-order valence-corrected chi connectivity index (χ4v) is 2.59. The summed E-state index contributed by atoms with van der Waals surface area (Å²) in [6.45, 7) is 6.19. The Balaban J connectivity index is 1.88. The number of anilines is 1. The number of nitrogens with one attached hydrogen (secondary N) is 2. The van der Waals surface area contributed by atoms with Gasteiger partial charge in [0.2, 0.25) is 0 Å². The van der Waals surface area contributed by atoms with Crippen LogP contribution in [0.25, 0.3) is 0 Å². The van der Waals surface area contributed by atoms with Gasteiger partial charge in [0, 0.05) is 36.3 Å². The molecule has 0 heterocycles. The highest BCUT2D eigenvalue weighted by Gasteiger charge is 2.16. The molecule has 0 saturated carbocycles. The molecule has 0 aromatic heterocycles. The molecular formula is C22H28N2O4. The average Bonchev–Trinajstić information content (AvgIpc) is 2.65. The first kappa shape index (κ1) is 21.3. The second-order valence-electron chi connectivity index (χ2n) is 7.35. The molecule has 0 atom stereocenters. The van der Waals surface area contributed by atoms with Gasteiger partial charge in [0.25, 0.3) is 0 Å². The first-order valence-corrected chi connectivity index (χ1v) is 9.24. The van der Waals surface area contributed by atoms with Crippen LogP contribution in [0.1, 0.15) is 43.1 Å². The molecule has 1 amide bonds. The van der Waals surface area contributed by atoms with Crippen LogP contribution in [0.4, 0.5) is 10.5 Å². The van der Waals surface area contributed by atoms with E-state index in [1.165, 1.54) is 0 Å². The monoisotopic (exact) mass is 384 g/mol. The number of rotatable bonds is 8. The average molecular weight is 384 g/mol. The SMILES string of the molecule is COc1ccccc1CNc1cccc(C(=O)CCNC(=O)OC(C)(C)C)c1. The molecule has 6 nitrogen and oxygen atoms in total. The molecule has 2 N–H and O–H groups in total. The third-order valence-corrected chi connectivity index (χ3v) is 3.88. The van der Waals surface area contributed by atoms with Gasteiger partial charge in [-0.25, -0.2) is 4.79 Å². The second kappa shape index (κ2) is 9.78. The fourth-order valence-electron chi connectivity index (χ4n) is 2.59. The maximum absolute atomic E-state index is 12.4. The minimum Gasteiger partial charge on any atom is -0.496 e. The molecule has 2 aromatic rings. The summed E-state index contributed by atoms with van der Waals surface area (Å²) in [6.07, 6.45) is -0.317. The van der Waals surface area contributed by atoms with Crippen molar-refractivity contribution in [1.82, 2.24) is 5.32 Å². The maximum atomic E-state index is 12.4. The lowest BCUT2D eigenvalue weighted by atomic mass is 10.1. The smallest absolute Gasteiger partial charge is 0.407 e. The van der Waals surface area contributed by atoms with Crippen molar-refractivity contribution in [3.8, 4) is 5.75 Å². The van der Waals surface area contributed by atoms with Crippen LogP contribution >= 0.6 is 0 Å². The van der Waals surface area contributed by atoms with E-state index in [9.17, 15) is 9.59 Å². The Bertz CT molecular complexity index is 812. The number of alkyl carbamates (subject to hydrolysis) is 1. The zero-order valence-electron chi connectivity index (χ0n) is 16.9. The van der Waals surface area contributed by atoms with Gasteiger partial charge in [-0.3, -0.25) is 4.79 Å². The summed E-state index contributed by atoms with van der Waals surface area (Å²) in [5.74, 6) is 0.771. The zero-order chi connectivity index (χ0) is 20.6. The number of methoxy groups -OCH3 is 1. The largest absolute Gasteiger partial charge is 0.496 e. The van der Waals surface area contributed by atoms with Crippen LogP contribution in [0.3, 0.4) is 0 Å². The Morgan fingerprint density at radius 2 is 1.79 bits per heavy atom. The van der Waals surface area contributed by atoms with Crippen molar-refractivity contribution in [3.63, 3.8) is 0 Å². The summed E-state index contributed by atoms with van der Waals surface area (Å²) >= 11 is 0. The normalized spacial score (nSPS) is 10.9. The zero-order valence-corrected chi connectivity index (χ0v) is 16.9. The van der Waals surface area contributed by atoms with E-state index < -0.39 is 11.7 Å². The van der Waals surface area contributed by atoms with E-state index in [1.807, 2.05) is 42.5 Å². The van der Waals surface area contributed by atoms with Crippen molar-refractivity contribution in [2.75, 3.05) is 19.0 Å². The molecule has 0 aliphatic rings. The Hall–Kier alpha value is -3.02. The highest BCUT2D eigenvalue weighted by molar-refractivity contribution is 5.97. The molecule has 150 valence electrons. The third kappa shape index (κ3) is 6.95. The van der Waals surface area contributed by atoms with Gasteiger partial charge in [0.1, 0.15) is 11.4 Å². The van der Waals surface area contributed by atoms with Gasteiger partial charge in [-0.05, 0) is 39.0 Å². The minimum atomic E-state index is -0.560.